The maximum Gasteiger partial charge on any atom is 0.0541 e. The van der Waals surface area contributed by atoms with E-state index in [0.717, 1.165) is 6.42 Å². The molecule has 2 heterocycles. The first-order chi connectivity index (χ1) is 24.8. The second-order valence-electron chi connectivity index (χ2n) is 13.7. The summed E-state index contributed by atoms with van der Waals surface area (Å²) in [6.07, 6.45) is 5.92. The number of hydrogen-bond acceptors (Lipinski definition) is 0. The van der Waals surface area contributed by atoms with E-state index in [4.69, 9.17) is 0 Å². The largest absolute Gasteiger partial charge is 0.310 e. The smallest absolute Gasteiger partial charge is 0.0541 e. The van der Waals surface area contributed by atoms with Gasteiger partial charge in [0.2, 0.25) is 0 Å². The predicted octanol–water partition coefficient (Wildman–Crippen LogP) is 10.9. The molecule has 0 spiro atoms. The molecule has 11 rings (SSSR count). The third-order valence-electron chi connectivity index (χ3n) is 11.0. The zero-order chi connectivity index (χ0) is 32.8. The molecular formula is C48H32N2. The number of hydrogen-bond donors (Lipinski definition) is 0. The Morgan fingerprint density at radius 2 is 0.940 bits per heavy atom. The fourth-order valence-corrected chi connectivity index (χ4v) is 8.79. The molecule has 0 bridgehead atoms. The molecule has 0 saturated carbocycles. The third kappa shape index (κ3) is 3.90. The molecule has 2 aromatic heterocycles. The van der Waals surface area contributed by atoms with Crippen LogP contribution in [-0.2, 0) is 0 Å². The van der Waals surface area contributed by atoms with Crippen molar-refractivity contribution >= 4 is 77.2 Å². The minimum Gasteiger partial charge on any atom is -0.310 e. The van der Waals surface area contributed by atoms with Gasteiger partial charge in [0, 0.05) is 44.0 Å². The minimum absolute atomic E-state index is 0.296. The second kappa shape index (κ2) is 10.6. The van der Waals surface area contributed by atoms with Crippen LogP contribution in [0.25, 0.3) is 88.6 Å². The van der Waals surface area contributed by atoms with Gasteiger partial charge >= 0.3 is 0 Å². The van der Waals surface area contributed by atoms with Crippen LogP contribution in [0, 0.1) is 0 Å². The molecule has 0 fully saturated rings. The molecule has 0 amide bonds. The van der Waals surface area contributed by atoms with Gasteiger partial charge in [-0.1, -0.05) is 127 Å². The Hall–Kier alpha value is -6.38. The van der Waals surface area contributed by atoms with Gasteiger partial charge in [-0.3, -0.25) is 0 Å². The summed E-state index contributed by atoms with van der Waals surface area (Å²) in [5.74, 6) is 0.296. The molecule has 1 atom stereocenters. The second-order valence-corrected chi connectivity index (χ2v) is 13.7. The van der Waals surface area contributed by atoms with Gasteiger partial charge < -0.3 is 9.13 Å². The van der Waals surface area contributed by atoms with Crippen molar-refractivity contribution < 1.29 is 0 Å². The fourth-order valence-electron chi connectivity index (χ4n) is 8.79. The summed E-state index contributed by atoms with van der Waals surface area (Å²) in [6, 6.07) is 60.3. The van der Waals surface area contributed by atoms with Crippen LogP contribution in [0.5, 0.6) is 0 Å². The van der Waals surface area contributed by atoms with Gasteiger partial charge in [-0.05, 0) is 92.8 Å². The first-order valence-electron chi connectivity index (χ1n) is 17.6. The van der Waals surface area contributed by atoms with Crippen LogP contribution in [0.4, 0.5) is 0 Å². The number of para-hydroxylation sites is 3. The van der Waals surface area contributed by atoms with E-state index in [1.165, 1.54) is 92.5 Å². The van der Waals surface area contributed by atoms with Gasteiger partial charge in [0.05, 0.1) is 16.6 Å². The Balaban J connectivity index is 1.10. The summed E-state index contributed by atoms with van der Waals surface area (Å²) >= 11 is 0. The Morgan fingerprint density at radius 3 is 1.66 bits per heavy atom. The average molecular weight is 637 g/mol. The lowest BCUT2D eigenvalue weighted by Gasteiger charge is -2.16. The monoisotopic (exact) mass is 636 g/mol. The van der Waals surface area contributed by atoms with Crippen LogP contribution in [0.15, 0.2) is 164 Å². The number of nitrogens with zero attached hydrogens (tertiary/aromatic N) is 2. The summed E-state index contributed by atoms with van der Waals surface area (Å²) in [4.78, 5) is 0. The Morgan fingerprint density at radius 1 is 0.380 bits per heavy atom. The summed E-state index contributed by atoms with van der Waals surface area (Å²) in [5.41, 5.74) is 7.48. The van der Waals surface area contributed by atoms with Crippen LogP contribution < -0.4 is 10.6 Å². The van der Waals surface area contributed by atoms with Crippen LogP contribution in [-0.4, -0.2) is 9.13 Å². The highest BCUT2D eigenvalue weighted by atomic mass is 15.0. The zero-order valence-corrected chi connectivity index (χ0v) is 27.4. The van der Waals surface area contributed by atoms with E-state index in [9.17, 15) is 0 Å². The summed E-state index contributed by atoms with van der Waals surface area (Å²) in [6.45, 7) is 0. The van der Waals surface area contributed by atoms with Crippen LogP contribution in [0.1, 0.15) is 17.9 Å². The van der Waals surface area contributed by atoms with E-state index < -0.39 is 0 Å². The Bertz CT molecular complexity index is 3090. The molecule has 1 aliphatic carbocycles. The van der Waals surface area contributed by atoms with Crippen LogP contribution in [0.2, 0.25) is 0 Å². The SMILES string of the molecule is C1=c2c(n(-c3ccccc3)c3ccccc23)=CCC1c1ccc2c(c1)c1ccccc1n2-c1ccc2c3ccccc3c3ccccc3c2c1. The molecule has 1 aliphatic rings. The lowest BCUT2D eigenvalue weighted by atomic mass is 9.90. The maximum atomic E-state index is 2.51. The minimum atomic E-state index is 0.296. The van der Waals surface area contributed by atoms with Crippen molar-refractivity contribution in [2.24, 2.45) is 0 Å². The Kier molecular flexibility index (Phi) is 5.82. The molecule has 50 heavy (non-hydrogen) atoms. The molecular weight excluding hydrogens is 605 g/mol. The molecule has 234 valence electrons. The van der Waals surface area contributed by atoms with Crippen molar-refractivity contribution in [2.45, 2.75) is 12.3 Å². The third-order valence-corrected chi connectivity index (χ3v) is 11.0. The molecule has 2 nitrogen and oxygen atoms in total. The maximum absolute atomic E-state index is 2.51. The molecule has 10 aromatic rings. The van der Waals surface area contributed by atoms with Crippen molar-refractivity contribution in [1.29, 1.82) is 0 Å². The fraction of sp³-hybridized carbons (Fsp3) is 0.0417. The van der Waals surface area contributed by atoms with Gasteiger partial charge in [-0.25, -0.2) is 0 Å². The summed E-state index contributed by atoms with van der Waals surface area (Å²) < 4.78 is 4.88. The number of rotatable bonds is 3. The summed E-state index contributed by atoms with van der Waals surface area (Å²) in [5, 5.41) is 14.3. The highest BCUT2D eigenvalue weighted by Crippen LogP contribution is 2.39. The number of aromatic nitrogens is 2. The van der Waals surface area contributed by atoms with Crippen molar-refractivity contribution in [3.8, 4) is 11.4 Å². The summed E-state index contributed by atoms with van der Waals surface area (Å²) in [7, 11) is 0. The highest BCUT2D eigenvalue weighted by molar-refractivity contribution is 6.25. The van der Waals surface area contributed by atoms with Gasteiger partial charge in [0.15, 0.2) is 0 Å². The van der Waals surface area contributed by atoms with E-state index in [1.807, 2.05) is 0 Å². The molecule has 0 radical (unpaired) electrons. The Labute approximate surface area is 289 Å². The quantitative estimate of drug-likeness (QED) is 0.171. The van der Waals surface area contributed by atoms with Gasteiger partial charge in [0.25, 0.3) is 0 Å². The van der Waals surface area contributed by atoms with Crippen molar-refractivity contribution in [3.05, 3.63) is 180 Å². The van der Waals surface area contributed by atoms with E-state index in [2.05, 4.69) is 185 Å². The van der Waals surface area contributed by atoms with Crippen molar-refractivity contribution in [2.75, 3.05) is 0 Å². The van der Waals surface area contributed by atoms with E-state index in [-0.39, 0.29) is 0 Å². The molecule has 8 aromatic carbocycles. The molecule has 0 N–H and O–H groups in total. The lowest BCUT2D eigenvalue weighted by molar-refractivity contribution is 0.909. The van der Waals surface area contributed by atoms with Gasteiger partial charge in [0.1, 0.15) is 0 Å². The first kappa shape index (κ1) is 27.6. The average Bonchev–Trinajstić information content (AvgIpc) is 3.70. The van der Waals surface area contributed by atoms with E-state index in [1.54, 1.807) is 0 Å². The van der Waals surface area contributed by atoms with E-state index >= 15 is 0 Å². The lowest BCUT2D eigenvalue weighted by Crippen LogP contribution is -2.31. The predicted molar refractivity (Wildman–Crippen MR) is 212 cm³/mol. The van der Waals surface area contributed by atoms with E-state index in [0.29, 0.717) is 5.92 Å². The molecule has 2 heteroatoms. The molecule has 0 saturated heterocycles. The molecule has 0 aliphatic heterocycles. The van der Waals surface area contributed by atoms with Crippen molar-refractivity contribution in [1.82, 2.24) is 9.13 Å². The molecule has 1 unspecified atom stereocenters. The van der Waals surface area contributed by atoms with Gasteiger partial charge in [-0.2, -0.15) is 0 Å². The van der Waals surface area contributed by atoms with Crippen LogP contribution >= 0.6 is 0 Å². The normalized spacial score (nSPS) is 14.4. The van der Waals surface area contributed by atoms with Crippen LogP contribution in [0.3, 0.4) is 0 Å². The first-order valence-corrected chi connectivity index (χ1v) is 17.6. The highest BCUT2D eigenvalue weighted by Gasteiger charge is 2.19. The number of fused-ring (bicyclic) bond motifs is 12. The standard InChI is InChI=1S/C48H32N2/c1-2-12-33(13-3-1)49-45-20-10-8-18-40(45)43-28-31(22-26-47(43)49)32-23-27-48-44(29-32)41-19-9-11-21-46(41)50(48)34-24-25-39-37-16-5-4-14-35(37)36-15-6-7-17-38(36)42(39)30-34/h1-21,23-31H,22H2. The van der Waals surface area contributed by atoms with Gasteiger partial charge in [-0.15, -0.1) is 0 Å². The number of benzene rings is 8. The topological polar surface area (TPSA) is 9.86 Å². The zero-order valence-electron chi connectivity index (χ0n) is 27.4. The van der Waals surface area contributed by atoms with Crippen molar-refractivity contribution in [3.63, 3.8) is 0 Å².